The van der Waals surface area contributed by atoms with Gasteiger partial charge >= 0.3 is 0 Å². The van der Waals surface area contributed by atoms with Crippen LogP contribution in [0.2, 0.25) is 0 Å². The third-order valence-corrected chi connectivity index (χ3v) is 6.37. The summed E-state index contributed by atoms with van der Waals surface area (Å²) in [5.74, 6) is -0.705. The molecule has 1 aromatic rings. The maximum atomic E-state index is 12.9. The summed E-state index contributed by atoms with van der Waals surface area (Å²) in [6.45, 7) is 3.39. The Morgan fingerprint density at radius 2 is 1.81 bits per heavy atom. The van der Waals surface area contributed by atoms with E-state index in [0.29, 0.717) is 30.6 Å². The zero-order valence-corrected chi connectivity index (χ0v) is 15.2. The molecule has 4 aliphatic rings. The molecule has 27 heavy (non-hydrogen) atoms. The summed E-state index contributed by atoms with van der Waals surface area (Å²) in [6.07, 6.45) is 3.18. The number of hydrogen-bond donors (Lipinski definition) is 2. The van der Waals surface area contributed by atoms with Crippen LogP contribution < -0.4 is 10.6 Å². The number of piperazine rings is 1. The van der Waals surface area contributed by atoms with E-state index in [1.807, 2.05) is 12.1 Å². The van der Waals surface area contributed by atoms with Crippen LogP contribution in [-0.4, -0.2) is 58.7 Å². The number of likely N-dealkylation sites (tertiary alicyclic amines) is 1. The zero-order valence-electron chi connectivity index (χ0n) is 15.2. The van der Waals surface area contributed by atoms with Crippen molar-refractivity contribution in [1.29, 1.82) is 0 Å². The Bertz CT molecular complexity index is 811. The Labute approximate surface area is 158 Å². The van der Waals surface area contributed by atoms with Gasteiger partial charge in [-0.15, -0.1) is 0 Å². The molecule has 2 bridgehead atoms. The fraction of sp³-hybridized carbons (Fsp3) is 0.550. The predicted molar refractivity (Wildman–Crippen MR) is 97.7 cm³/mol. The first-order valence-electron chi connectivity index (χ1n) is 9.82. The summed E-state index contributed by atoms with van der Waals surface area (Å²) in [5.41, 5.74) is 2.92. The number of rotatable bonds is 3. The van der Waals surface area contributed by atoms with Gasteiger partial charge in [-0.1, -0.05) is 12.1 Å². The summed E-state index contributed by atoms with van der Waals surface area (Å²) in [4.78, 5) is 40.7. The summed E-state index contributed by atoms with van der Waals surface area (Å²) in [5, 5.41) is 6.01. The lowest BCUT2D eigenvalue weighted by Crippen LogP contribution is -2.52. The summed E-state index contributed by atoms with van der Waals surface area (Å²) in [7, 11) is 0. The molecule has 0 saturated carbocycles. The van der Waals surface area contributed by atoms with Crippen LogP contribution in [0.4, 0.5) is 0 Å². The minimum absolute atomic E-state index is 0.0956. The van der Waals surface area contributed by atoms with Crippen LogP contribution in [0.1, 0.15) is 47.2 Å². The average molecular weight is 368 g/mol. The highest BCUT2D eigenvalue weighted by Crippen LogP contribution is 2.31. The number of hydrogen-bond acceptors (Lipinski definition) is 5. The summed E-state index contributed by atoms with van der Waals surface area (Å²) < 4.78 is 0. The smallest absolute Gasteiger partial charge is 0.255 e. The molecule has 0 radical (unpaired) electrons. The van der Waals surface area contributed by atoms with E-state index in [-0.39, 0.29) is 24.1 Å². The van der Waals surface area contributed by atoms with Crippen molar-refractivity contribution in [3.63, 3.8) is 0 Å². The van der Waals surface area contributed by atoms with E-state index in [1.54, 1.807) is 4.90 Å². The molecule has 3 amide bonds. The van der Waals surface area contributed by atoms with E-state index < -0.39 is 6.04 Å². The van der Waals surface area contributed by atoms with Crippen molar-refractivity contribution in [1.82, 2.24) is 20.4 Å². The predicted octanol–water partition coefficient (Wildman–Crippen LogP) is 0.384. The van der Waals surface area contributed by atoms with Crippen molar-refractivity contribution >= 4 is 17.7 Å². The molecule has 1 aromatic carbocycles. The average Bonchev–Trinajstić information content (AvgIpc) is 3.16. The van der Waals surface area contributed by atoms with Crippen LogP contribution in [-0.2, 0) is 22.7 Å². The van der Waals surface area contributed by atoms with Gasteiger partial charge in [0.05, 0.1) is 0 Å². The molecule has 7 heteroatoms. The normalized spacial score (nSPS) is 30.6. The highest BCUT2D eigenvalue weighted by Gasteiger charge is 2.40. The van der Waals surface area contributed by atoms with Gasteiger partial charge in [0.25, 0.3) is 5.91 Å². The van der Waals surface area contributed by atoms with Gasteiger partial charge in [-0.25, -0.2) is 0 Å². The standard InChI is InChI=1S/C20H24N4O3/c25-18-7-6-17(19(26)22-18)24-11-16-12(2-1-3-15(16)20(24)27)8-23-9-13-4-5-14(10-23)21-13/h1-3,13-14,17,21H,4-11H2,(H,22,25,26). The second-order valence-corrected chi connectivity index (χ2v) is 8.18. The molecule has 5 rings (SSSR count). The van der Waals surface area contributed by atoms with Crippen LogP contribution in [0.3, 0.4) is 0 Å². The molecule has 2 N–H and O–H groups in total. The monoisotopic (exact) mass is 368 g/mol. The number of carbonyl (C=O) groups is 3. The number of amides is 3. The molecule has 0 aromatic heterocycles. The molecule has 7 nitrogen and oxygen atoms in total. The molecule has 0 aliphatic carbocycles. The maximum absolute atomic E-state index is 12.9. The minimum Gasteiger partial charge on any atom is -0.322 e. The van der Waals surface area contributed by atoms with E-state index in [2.05, 4.69) is 21.6 Å². The number of fused-ring (bicyclic) bond motifs is 3. The number of benzene rings is 1. The van der Waals surface area contributed by atoms with Crippen molar-refractivity contribution < 1.29 is 14.4 Å². The van der Waals surface area contributed by atoms with E-state index in [1.165, 1.54) is 18.4 Å². The van der Waals surface area contributed by atoms with Crippen molar-refractivity contribution in [2.75, 3.05) is 13.1 Å². The Balaban J connectivity index is 1.36. The summed E-state index contributed by atoms with van der Waals surface area (Å²) in [6, 6.07) is 6.52. The van der Waals surface area contributed by atoms with E-state index in [9.17, 15) is 14.4 Å². The zero-order chi connectivity index (χ0) is 18.5. The molecular formula is C20H24N4O3. The van der Waals surface area contributed by atoms with Crippen molar-refractivity contribution in [3.05, 3.63) is 34.9 Å². The molecule has 142 valence electrons. The van der Waals surface area contributed by atoms with Gasteiger partial charge in [0.1, 0.15) is 6.04 Å². The van der Waals surface area contributed by atoms with E-state index in [4.69, 9.17) is 0 Å². The Morgan fingerprint density at radius 3 is 2.56 bits per heavy atom. The largest absolute Gasteiger partial charge is 0.322 e. The van der Waals surface area contributed by atoms with E-state index >= 15 is 0 Å². The fourth-order valence-corrected chi connectivity index (χ4v) is 5.06. The fourth-order valence-electron chi connectivity index (χ4n) is 5.06. The van der Waals surface area contributed by atoms with Gasteiger partial charge in [0.15, 0.2) is 0 Å². The molecule has 3 fully saturated rings. The van der Waals surface area contributed by atoms with Crippen molar-refractivity contribution in [2.24, 2.45) is 0 Å². The van der Waals surface area contributed by atoms with Crippen LogP contribution in [0.15, 0.2) is 18.2 Å². The Kier molecular flexibility index (Phi) is 4.02. The van der Waals surface area contributed by atoms with Gasteiger partial charge in [-0.2, -0.15) is 0 Å². The second kappa shape index (κ2) is 6.42. The Morgan fingerprint density at radius 1 is 1.04 bits per heavy atom. The third kappa shape index (κ3) is 2.95. The SMILES string of the molecule is O=C1CCC(N2Cc3c(CN4CC5CCC(C4)N5)cccc3C2=O)C(=O)N1. The number of nitrogens with zero attached hydrogens (tertiary/aromatic N) is 2. The van der Waals surface area contributed by atoms with Crippen molar-refractivity contribution in [2.45, 2.75) is 56.9 Å². The summed E-state index contributed by atoms with van der Waals surface area (Å²) >= 11 is 0. The lowest BCUT2D eigenvalue weighted by molar-refractivity contribution is -0.136. The highest BCUT2D eigenvalue weighted by molar-refractivity contribution is 6.05. The second-order valence-electron chi connectivity index (χ2n) is 8.18. The van der Waals surface area contributed by atoms with Gasteiger partial charge in [0, 0.05) is 50.2 Å². The lowest BCUT2D eigenvalue weighted by Gasteiger charge is -2.33. The first kappa shape index (κ1) is 16.9. The molecule has 3 unspecified atom stereocenters. The van der Waals surface area contributed by atoms with Crippen LogP contribution in [0, 0.1) is 0 Å². The maximum Gasteiger partial charge on any atom is 0.255 e. The van der Waals surface area contributed by atoms with Crippen LogP contribution in [0.25, 0.3) is 0 Å². The van der Waals surface area contributed by atoms with Crippen LogP contribution >= 0.6 is 0 Å². The van der Waals surface area contributed by atoms with Gasteiger partial charge in [-0.05, 0) is 36.5 Å². The molecular weight excluding hydrogens is 344 g/mol. The van der Waals surface area contributed by atoms with Gasteiger partial charge in [0.2, 0.25) is 11.8 Å². The quantitative estimate of drug-likeness (QED) is 0.754. The number of imide groups is 1. The number of piperidine rings is 1. The van der Waals surface area contributed by atoms with E-state index in [0.717, 1.165) is 25.2 Å². The highest BCUT2D eigenvalue weighted by atomic mass is 16.2. The number of nitrogens with one attached hydrogen (secondary N) is 2. The first-order valence-corrected chi connectivity index (χ1v) is 9.82. The topological polar surface area (TPSA) is 81.8 Å². The molecule has 3 atom stereocenters. The third-order valence-electron chi connectivity index (χ3n) is 6.37. The minimum atomic E-state index is -0.550. The number of carbonyl (C=O) groups excluding carboxylic acids is 3. The first-order chi connectivity index (χ1) is 13.1. The molecule has 4 heterocycles. The van der Waals surface area contributed by atoms with Crippen LogP contribution in [0.5, 0.6) is 0 Å². The molecule has 4 aliphatic heterocycles. The molecule has 0 spiro atoms. The van der Waals surface area contributed by atoms with Gasteiger partial charge < -0.3 is 10.2 Å². The molecule has 3 saturated heterocycles. The van der Waals surface area contributed by atoms with Gasteiger partial charge in [-0.3, -0.25) is 24.6 Å². The Hall–Kier alpha value is -2.25. The lowest BCUT2D eigenvalue weighted by atomic mass is 10.0. The van der Waals surface area contributed by atoms with Crippen molar-refractivity contribution in [3.8, 4) is 0 Å².